The second kappa shape index (κ2) is 6.14. The number of nitrogens with zero attached hydrogens (tertiary/aromatic N) is 3. The lowest BCUT2D eigenvalue weighted by atomic mass is 10.3. The third-order valence-corrected chi connectivity index (χ3v) is 3.09. The molecule has 0 spiro atoms. The number of rotatable bonds is 5. The summed E-state index contributed by atoms with van der Waals surface area (Å²) < 4.78 is 7.87. The molecule has 1 aromatic heterocycles. The second-order valence-corrected chi connectivity index (χ2v) is 4.56. The topological polar surface area (TPSA) is 42.3 Å². The van der Waals surface area contributed by atoms with Crippen LogP contribution in [0.2, 0.25) is 0 Å². The summed E-state index contributed by atoms with van der Waals surface area (Å²) in [5.41, 5.74) is 1.26. The number of ether oxygens (including phenoxy) is 1. The monoisotopic (exact) mass is 238 g/mol. The molecule has 1 fully saturated rings. The molecule has 2 heterocycles. The van der Waals surface area contributed by atoms with Crippen molar-refractivity contribution in [3.8, 4) is 0 Å². The highest BCUT2D eigenvalue weighted by atomic mass is 16.5. The number of hydrogen-bond acceptors (Lipinski definition) is 4. The van der Waals surface area contributed by atoms with E-state index < -0.39 is 0 Å². The van der Waals surface area contributed by atoms with Crippen LogP contribution in [0.4, 0.5) is 0 Å². The number of aromatic nitrogens is 2. The predicted octanol–water partition coefficient (Wildman–Crippen LogP) is 0.323. The lowest BCUT2D eigenvalue weighted by Gasteiger charge is -2.28. The van der Waals surface area contributed by atoms with E-state index in [1.807, 2.05) is 12.5 Å². The number of likely N-dealkylation sites (N-methyl/N-ethyl adjacent to an activating group) is 1. The minimum absolute atomic E-state index is 0.312. The highest BCUT2D eigenvalue weighted by molar-refractivity contribution is 4.98. The fraction of sp³-hybridized carbons (Fsp3) is 0.750. The van der Waals surface area contributed by atoms with Gasteiger partial charge in [-0.25, -0.2) is 4.98 Å². The van der Waals surface area contributed by atoms with Crippen LogP contribution in [0, 0.1) is 0 Å². The Morgan fingerprint density at radius 2 is 2.53 bits per heavy atom. The van der Waals surface area contributed by atoms with Crippen LogP contribution in [0.1, 0.15) is 12.6 Å². The Morgan fingerprint density at radius 1 is 1.65 bits per heavy atom. The summed E-state index contributed by atoms with van der Waals surface area (Å²) >= 11 is 0. The molecule has 0 amide bonds. The molecule has 96 valence electrons. The minimum Gasteiger partial charge on any atom is -0.374 e. The largest absolute Gasteiger partial charge is 0.374 e. The van der Waals surface area contributed by atoms with Crippen LogP contribution in [-0.4, -0.2) is 53.8 Å². The van der Waals surface area contributed by atoms with Crippen molar-refractivity contribution in [1.29, 1.82) is 0 Å². The van der Waals surface area contributed by atoms with Crippen LogP contribution < -0.4 is 5.32 Å². The quantitative estimate of drug-likeness (QED) is 0.802. The third kappa shape index (κ3) is 3.52. The third-order valence-electron chi connectivity index (χ3n) is 3.09. The Labute approximate surface area is 103 Å². The molecular formula is C12H22N4O. The van der Waals surface area contributed by atoms with Gasteiger partial charge in [-0.1, -0.05) is 0 Å². The Morgan fingerprint density at radius 3 is 3.24 bits per heavy atom. The van der Waals surface area contributed by atoms with Gasteiger partial charge in [0.1, 0.15) is 0 Å². The average Bonchev–Trinajstić information content (AvgIpc) is 2.77. The number of hydrogen-bond donors (Lipinski definition) is 1. The molecule has 1 aliphatic heterocycles. The summed E-state index contributed by atoms with van der Waals surface area (Å²) in [6.45, 7) is 7.76. The van der Waals surface area contributed by atoms with Crippen molar-refractivity contribution in [1.82, 2.24) is 19.8 Å². The van der Waals surface area contributed by atoms with Gasteiger partial charge in [0.15, 0.2) is 0 Å². The van der Waals surface area contributed by atoms with Gasteiger partial charge in [0, 0.05) is 38.9 Å². The van der Waals surface area contributed by atoms with E-state index in [0.29, 0.717) is 6.10 Å². The van der Waals surface area contributed by atoms with Crippen molar-refractivity contribution in [2.24, 2.45) is 0 Å². The van der Waals surface area contributed by atoms with E-state index in [0.717, 1.165) is 39.3 Å². The fourth-order valence-corrected chi connectivity index (χ4v) is 2.19. The van der Waals surface area contributed by atoms with Crippen LogP contribution in [0.3, 0.4) is 0 Å². The molecule has 1 aliphatic rings. The molecule has 5 heteroatoms. The van der Waals surface area contributed by atoms with Crippen LogP contribution >= 0.6 is 0 Å². The second-order valence-electron chi connectivity index (χ2n) is 4.56. The number of aryl methyl sites for hydroxylation is 1. The molecule has 1 saturated heterocycles. The zero-order valence-electron chi connectivity index (χ0n) is 10.7. The number of morpholine rings is 1. The molecule has 0 radical (unpaired) electrons. The molecule has 2 rings (SSSR count). The van der Waals surface area contributed by atoms with Gasteiger partial charge in [-0.05, 0) is 14.0 Å². The smallest absolute Gasteiger partial charge is 0.0948 e. The first-order valence-corrected chi connectivity index (χ1v) is 6.29. The van der Waals surface area contributed by atoms with Crippen molar-refractivity contribution in [2.45, 2.75) is 26.1 Å². The Hall–Kier alpha value is -0.910. The molecule has 5 nitrogen and oxygen atoms in total. The maximum absolute atomic E-state index is 5.70. The van der Waals surface area contributed by atoms with Crippen LogP contribution in [0.15, 0.2) is 12.5 Å². The Bertz CT molecular complexity index is 333. The van der Waals surface area contributed by atoms with E-state index in [1.165, 1.54) is 5.69 Å². The van der Waals surface area contributed by atoms with Gasteiger partial charge in [0.05, 0.1) is 24.7 Å². The van der Waals surface area contributed by atoms with E-state index in [9.17, 15) is 0 Å². The van der Waals surface area contributed by atoms with Crippen molar-refractivity contribution in [3.05, 3.63) is 18.2 Å². The standard InChI is InChI=1S/C12H22N4O/c1-3-16-10-14-6-11(16)8-15(2)9-12-7-13-4-5-17-12/h6,10,12-13H,3-5,7-9H2,1-2H3. The van der Waals surface area contributed by atoms with E-state index >= 15 is 0 Å². The van der Waals surface area contributed by atoms with Crippen LogP contribution in [0.25, 0.3) is 0 Å². The molecule has 0 aromatic carbocycles. The van der Waals surface area contributed by atoms with Gasteiger partial charge in [-0.2, -0.15) is 0 Å². The van der Waals surface area contributed by atoms with Gasteiger partial charge in [0.25, 0.3) is 0 Å². The minimum atomic E-state index is 0.312. The molecule has 1 aromatic rings. The lowest BCUT2D eigenvalue weighted by molar-refractivity contribution is 0.00854. The van der Waals surface area contributed by atoms with Crippen LogP contribution in [-0.2, 0) is 17.8 Å². The lowest BCUT2D eigenvalue weighted by Crippen LogP contribution is -2.44. The highest BCUT2D eigenvalue weighted by Gasteiger charge is 2.16. The molecule has 1 atom stereocenters. The summed E-state index contributed by atoms with van der Waals surface area (Å²) in [5.74, 6) is 0. The summed E-state index contributed by atoms with van der Waals surface area (Å²) in [6.07, 6.45) is 4.15. The van der Waals surface area contributed by atoms with Crippen molar-refractivity contribution >= 4 is 0 Å². The molecule has 0 aliphatic carbocycles. The van der Waals surface area contributed by atoms with E-state index in [4.69, 9.17) is 4.74 Å². The summed E-state index contributed by atoms with van der Waals surface area (Å²) in [5, 5.41) is 3.35. The first-order chi connectivity index (χ1) is 8.29. The summed E-state index contributed by atoms with van der Waals surface area (Å²) in [7, 11) is 2.13. The molecule has 1 unspecified atom stereocenters. The fourth-order valence-electron chi connectivity index (χ4n) is 2.19. The Kier molecular flexibility index (Phi) is 4.53. The average molecular weight is 238 g/mol. The van der Waals surface area contributed by atoms with E-state index in [-0.39, 0.29) is 0 Å². The molecule has 17 heavy (non-hydrogen) atoms. The maximum Gasteiger partial charge on any atom is 0.0948 e. The van der Waals surface area contributed by atoms with Gasteiger partial charge in [-0.3, -0.25) is 4.90 Å². The summed E-state index contributed by atoms with van der Waals surface area (Å²) in [6, 6.07) is 0. The first-order valence-electron chi connectivity index (χ1n) is 6.29. The molecule has 0 saturated carbocycles. The SMILES string of the molecule is CCn1cncc1CN(C)CC1CNCCO1. The van der Waals surface area contributed by atoms with Crippen molar-refractivity contribution in [3.63, 3.8) is 0 Å². The van der Waals surface area contributed by atoms with Crippen molar-refractivity contribution in [2.75, 3.05) is 33.3 Å². The van der Waals surface area contributed by atoms with Gasteiger partial charge >= 0.3 is 0 Å². The van der Waals surface area contributed by atoms with Gasteiger partial charge in [-0.15, -0.1) is 0 Å². The summed E-state index contributed by atoms with van der Waals surface area (Å²) in [4.78, 5) is 6.48. The molecule has 1 N–H and O–H groups in total. The van der Waals surface area contributed by atoms with Crippen LogP contribution in [0.5, 0.6) is 0 Å². The van der Waals surface area contributed by atoms with Crippen molar-refractivity contribution < 1.29 is 4.74 Å². The number of imidazole rings is 1. The normalized spacial score (nSPS) is 21.0. The zero-order valence-corrected chi connectivity index (χ0v) is 10.7. The van der Waals surface area contributed by atoms with Gasteiger partial charge in [0.2, 0.25) is 0 Å². The molecule has 0 bridgehead atoms. The first kappa shape index (κ1) is 12.5. The highest BCUT2D eigenvalue weighted by Crippen LogP contribution is 2.05. The molecular weight excluding hydrogens is 216 g/mol. The number of nitrogens with one attached hydrogen (secondary N) is 1. The van der Waals surface area contributed by atoms with E-state index in [1.54, 1.807) is 0 Å². The van der Waals surface area contributed by atoms with E-state index in [2.05, 4.69) is 33.7 Å². The van der Waals surface area contributed by atoms with Gasteiger partial charge < -0.3 is 14.6 Å². The maximum atomic E-state index is 5.70. The zero-order chi connectivity index (χ0) is 12.1. The predicted molar refractivity (Wildman–Crippen MR) is 66.8 cm³/mol. The Balaban J connectivity index is 1.82.